The average Bonchev–Trinajstić information content (AvgIpc) is 3.38. The first-order valence-electron chi connectivity index (χ1n) is 12.4. The molecular weight excluding hydrogens is 480 g/mol. The van der Waals surface area contributed by atoms with Crippen molar-refractivity contribution in [2.24, 2.45) is 0 Å². The van der Waals surface area contributed by atoms with Gasteiger partial charge in [0.2, 0.25) is 4.96 Å². The molecule has 1 aromatic carbocycles. The van der Waals surface area contributed by atoms with Gasteiger partial charge >= 0.3 is 0 Å². The Balaban J connectivity index is 1.25. The van der Waals surface area contributed by atoms with Crippen molar-refractivity contribution in [2.45, 2.75) is 96.8 Å². The van der Waals surface area contributed by atoms with Crippen molar-refractivity contribution in [3.8, 4) is 10.6 Å². The minimum absolute atomic E-state index is 0.880. The zero-order chi connectivity index (χ0) is 22.4. The molecule has 3 rings (SSSR count). The maximum Gasteiger partial charge on any atom is 0.234 e. The molecule has 0 saturated heterocycles. The Morgan fingerprint density at radius 3 is 2.12 bits per heavy atom. The molecule has 2 aromatic heterocycles. The average molecular weight is 518 g/mol. The number of benzene rings is 1. The number of hydrogen-bond donors (Lipinski definition) is 0. The first kappa shape index (κ1) is 25.1. The number of fused-ring (bicyclic) bond motifs is 1. The fraction of sp³-hybridized carbons (Fsp3) is 0.577. The Morgan fingerprint density at radius 2 is 1.44 bits per heavy atom. The van der Waals surface area contributed by atoms with E-state index in [0.717, 1.165) is 38.7 Å². The number of allylic oxidation sites excluding steroid dienone is 2. The molecule has 0 aliphatic rings. The Labute approximate surface area is 205 Å². The number of hydrogen-bond acceptors (Lipinski definition) is 4. The minimum Gasteiger partial charge on any atom is -0.187 e. The second-order valence-electron chi connectivity index (χ2n) is 8.56. The second-order valence-corrected chi connectivity index (χ2v) is 10.4. The fourth-order valence-corrected chi connectivity index (χ4v) is 5.00. The van der Waals surface area contributed by atoms with Gasteiger partial charge in [0.25, 0.3) is 0 Å². The zero-order valence-corrected chi connectivity index (χ0v) is 21.8. The van der Waals surface area contributed by atoms with E-state index in [-0.39, 0.29) is 0 Å². The smallest absolute Gasteiger partial charge is 0.187 e. The maximum atomic E-state index is 4.75. The zero-order valence-electron chi connectivity index (χ0n) is 19.4. The summed E-state index contributed by atoms with van der Waals surface area (Å²) in [6.07, 6.45) is 22.9. The Kier molecular flexibility index (Phi) is 11.4. The highest BCUT2D eigenvalue weighted by molar-refractivity contribution is 9.10. The van der Waals surface area contributed by atoms with Gasteiger partial charge in [-0.25, -0.2) is 0 Å². The van der Waals surface area contributed by atoms with Crippen LogP contribution in [0.25, 0.3) is 15.5 Å². The second kappa shape index (κ2) is 14.6. The molecule has 0 amide bonds. The van der Waals surface area contributed by atoms with Gasteiger partial charge in [-0.15, -0.1) is 10.2 Å². The van der Waals surface area contributed by atoms with Crippen molar-refractivity contribution in [1.82, 2.24) is 19.8 Å². The molecule has 0 aliphatic carbocycles. The van der Waals surface area contributed by atoms with Crippen LogP contribution in [-0.4, -0.2) is 19.8 Å². The van der Waals surface area contributed by atoms with Crippen molar-refractivity contribution in [1.29, 1.82) is 0 Å². The van der Waals surface area contributed by atoms with E-state index in [1.807, 2.05) is 16.6 Å². The largest absolute Gasteiger partial charge is 0.234 e. The van der Waals surface area contributed by atoms with Crippen LogP contribution in [0.4, 0.5) is 0 Å². The molecular formula is C26H37BrN4S. The summed E-state index contributed by atoms with van der Waals surface area (Å²) in [5.74, 6) is 0.984. The van der Waals surface area contributed by atoms with Gasteiger partial charge in [0.1, 0.15) is 5.01 Å². The Hall–Kier alpha value is -1.53. The number of nitrogens with zero attached hydrogens (tertiary/aromatic N) is 4. The molecule has 4 nitrogen and oxygen atoms in total. The highest BCUT2D eigenvalue weighted by Gasteiger charge is 2.12. The number of halogens is 1. The molecule has 0 N–H and O–H groups in total. The van der Waals surface area contributed by atoms with E-state index in [4.69, 9.17) is 5.10 Å². The number of rotatable bonds is 16. The lowest BCUT2D eigenvalue weighted by Crippen LogP contribution is -1.96. The normalized spacial score (nSPS) is 11.8. The lowest BCUT2D eigenvalue weighted by atomic mass is 10.1. The van der Waals surface area contributed by atoms with Gasteiger partial charge in [-0.3, -0.25) is 0 Å². The summed E-state index contributed by atoms with van der Waals surface area (Å²) in [5, 5.41) is 14.4. The van der Waals surface area contributed by atoms with Gasteiger partial charge < -0.3 is 0 Å². The predicted molar refractivity (Wildman–Crippen MR) is 140 cm³/mol. The number of aromatic nitrogens is 4. The highest BCUT2D eigenvalue weighted by atomic mass is 79.9. The van der Waals surface area contributed by atoms with Crippen LogP contribution in [0.15, 0.2) is 40.9 Å². The molecule has 32 heavy (non-hydrogen) atoms. The van der Waals surface area contributed by atoms with E-state index in [1.54, 1.807) is 11.3 Å². The van der Waals surface area contributed by atoms with Crippen LogP contribution in [-0.2, 0) is 6.42 Å². The van der Waals surface area contributed by atoms with Gasteiger partial charge in [-0.2, -0.15) is 9.61 Å². The van der Waals surface area contributed by atoms with E-state index in [1.165, 1.54) is 77.0 Å². The summed E-state index contributed by atoms with van der Waals surface area (Å²) >= 11 is 5.08. The molecule has 0 spiro atoms. The van der Waals surface area contributed by atoms with Crippen LogP contribution in [0.1, 0.15) is 96.2 Å². The van der Waals surface area contributed by atoms with Crippen LogP contribution < -0.4 is 0 Å². The van der Waals surface area contributed by atoms with E-state index in [2.05, 4.69) is 57.3 Å². The Bertz CT molecular complexity index is 929. The first-order valence-corrected chi connectivity index (χ1v) is 14.0. The predicted octanol–water partition coefficient (Wildman–Crippen LogP) is 8.81. The standard InChI is InChI=1S/C26H37BrN4S/c1-2-3-4-5-6-7-8-9-10-11-12-13-14-15-16-17-24-28-29-26-31(24)30-25(32-26)22-18-20-23(27)21-19-22/h9-10,18-21H,2-8,11-17H2,1H3. The van der Waals surface area contributed by atoms with Crippen molar-refractivity contribution in [3.63, 3.8) is 0 Å². The third-order valence-electron chi connectivity index (χ3n) is 5.81. The quantitative estimate of drug-likeness (QED) is 0.141. The van der Waals surface area contributed by atoms with Crippen molar-refractivity contribution < 1.29 is 0 Å². The summed E-state index contributed by atoms with van der Waals surface area (Å²) in [6, 6.07) is 8.26. The maximum absolute atomic E-state index is 4.75. The van der Waals surface area contributed by atoms with E-state index in [9.17, 15) is 0 Å². The van der Waals surface area contributed by atoms with Crippen molar-refractivity contribution in [3.05, 3.63) is 46.7 Å². The van der Waals surface area contributed by atoms with Gasteiger partial charge in [-0.1, -0.05) is 110 Å². The third kappa shape index (κ3) is 8.43. The van der Waals surface area contributed by atoms with Crippen LogP contribution in [0, 0.1) is 0 Å². The van der Waals surface area contributed by atoms with E-state index >= 15 is 0 Å². The topological polar surface area (TPSA) is 43.1 Å². The summed E-state index contributed by atoms with van der Waals surface area (Å²) in [7, 11) is 0. The molecule has 0 radical (unpaired) electrons. The van der Waals surface area contributed by atoms with Crippen LogP contribution >= 0.6 is 27.3 Å². The SMILES string of the molecule is CCCCCCCCC=CCCCCCCCc1nnc2sc(-c3ccc(Br)cc3)nn12. The molecule has 2 heterocycles. The highest BCUT2D eigenvalue weighted by Crippen LogP contribution is 2.27. The minimum atomic E-state index is 0.880. The van der Waals surface area contributed by atoms with E-state index < -0.39 is 0 Å². The molecule has 0 fully saturated rings. The van der Waals surface area contributed by atoms with Gasteiger partial charge in [-0.05, 0) is 44.2 Å². The number of unbranched alkanes of at least 4 members (excludes halogenated alkanes) is 11. The third-order valence-corrected chi connectivity index (χ3v) is 7.29. The van der Waals surface area contributed by atoms with Gasteiger partial charge in [0.05, 0.1) is 0 Å². The molecule has 0 atom stereocenters. The molecule has 174 valence electrons. The monoisotopic (exact) mass is 516 g/mol. The van der Waals surface area contributed by atoms with E-state index in [0.29, 0.717) is 0 Å². The number of aryl methyl sites for hydroxylation is 1. The molecule has 3 aromatic rings. The van der Waals surface area contributed by atoms with Crippen LogP contribution in [0.3, 0.4) is 0 Å². The lowest BCUT2D eigenvalue weighted by molar-refractivity contribution is 0.603. The van der Waals surface area contributed by atoms with Crippen molar-refractivity contribution in [2.75, 3.05) is 0 Å². The Morgan fingerprint density at radius 1 is 0.812 bits per heavy atom. The van der Waals surface area contributed by atoms with Crippen molar-refractivity contribution >= 4 is 32.2 Å². The molecule has 0 aliphatic heterocycles. The molecule has 0 unspecified atom stereocenters. The van der Waals surface area contributed by atoms with Gasteiger partial charge in [0.15, 0.2) is 5.82 Å². The van der Waals surface area contributed by atoms with Gasteiger partial charge in [0, 0.05) is 16.5 Å². The first-order chi connectivity index (χ1) is 15.8. The lowest BCUT2D eigenvalue weighted by Gasteiger charge is -2.00. The summed E-state index contributed by atoms with van der Waals surface area (Å²) < 4.78 is 3.01. The molecule has 0 saturated carbocycles. The summed E-state index contributed by atoms with van der Waals surface area (Å²) in [6.45, 7) is 2.28. The summed E-state index contributed by atoms with van der Waals surface area (Å²) in [4.78, 5) is 0.880. The van der Waals surface area contributed by atoms with Crippen LogP contribution in [0.5, 0.6) is 0 Å². The summed E-state index contributed by atoms with van der Waals surface area (Å²) in [5.41, 5.74) is 1.12. The van der Waals surface area contributed by atoms with Crippen LogP contribution in [0.2, 0.25) is 0 Å². The molecule has 0 bridgehead atoms. The molecule has 6 heteroatoms. The fourth-order valence-electron chi connectivity index (χ4n) is 3.88.